The van der Waals surface area contributed by atoms with Crippen LogP contribution in [0.4, 0.5) is 17.6 Å². The highest BCUT2D eigenvalue weighted by molar-refractivity contribution is 7.89. The zero-order chi connectivity index (χ0) is 28.3. The third kappa shape index (κ3) is 6.76. The Bertz CT molecular complexity index is 1370. The van der Waals surface area contributed by atoms with E-state index in [4.69, 9.17) is 5.73 Å². The van der Waals surface area contributed by atoms with Gasteiger partial charge in [-0.15, -0.1) is 0 Å². The first-order valence-corrected chi connectivity index (χ1v) is 14.2. The molecular weight excluding hydrogens is 540 g/mol. The molecule has 0 radical (unpaired) electrons. The van der Waals surface area contributed by atoms with Gasteiger partial charge in [-0.25, -0.2) is 30.7 Å². The average molecular weight is 571 g/mol. The number of carbonyl (C=O) groups excluding carboxylic acids is 2. The summed E-state index contributed by atoms with van der Waals surface area (Å²) in [6.07, 6.45) is 3.88. The highest BCUT2D eigenvalue weighted by Gasteiger charge is 2.31. The predicted octanol–water partition coefficient (Wildman–Crippen LogP) is 2.76. The van der Waals surface area contributed by atoms with Crippen molar-refractivity contribution < 1.29 is 35.6 Å². The molecule has 0 bridgehead atoms. The van der Waals surface area contributed by atoms with Crippen LogP contribution in [0.5, 0.6) is 0 Å². The first-order chi connectivity index (χ1) is 18.5. The largest absolute Gasteiger partial charge is 0.354 e. The van der Waals surface area contributed by atoms with Gasteiger partial charge >= 0.3 is 0 Å². The van der Waals surface area contributed by atoms with Crippen LogP contribution in [-0.2, 0) is 21.2 Å². The number of halogens is 4. The summed E-state index contributed by atoms with van der Waals surface area (Å²) in [6, 6.07) is 2.28. The van der Waals surface area contributed by atoms with E-state index in [9.17, 15) is 35.6 Å². The molecule has 5 N–H and O–H groups in total. The molecule has 0 spiro atoms. The monoisotopic (exact) mass is 570 g/mol. The van der Waals surface area contributed by atoms with E-state index in [-0.39, 0.29) is 31.5 Å². The smallest absolute Gasteiger partial charge is 0.254 e. The fraction of sp³-hybridized carbons (Fsp3) is 0.462. The van der Waals surface area contributed by atoms with E-state index in [1.54, 1.807) is 0 Å². The lowest BCUT2D eigenvalue weighted by Crippen LogP contribution is -2.39. The number of nitrogens with one attached hydrogen (secondary N) is 3. The lowest BCUT2D eigenvalue weighted by atomic mass is 9.91. The number of rotatable bonds is 10. The SMILES string of the molecule is N[C@@H](CC(=O)NCCNC(=O)c1cc(S(=O)(=O)NC2CCCC2)c(F)cc1F)[C@H]1CCc2cc(F)c(F)cc21. The third-order valence-corrected chi connectivity index (χ3v) is 8.75. The molecule has 2 amide bonds. The van der Waals surface area contributed by atoms with Crippen molar-refractivity contribution in [2.45, 2.75) is 67.8 Å². The van der Waals surface area contributed by atoms with Gasteiger partial charge in [-0.2, -0.15) is 0 Å². The summed E-state index contributed by atoms with van der Waals surface area (Å²) >= 11 is 0. The molecule has 0 saturated heterocycles. The van der Waals surface area contributed by atoms with Gasteiger partial charge in [-0.3, -0.25) is 9.59 Å². The molecule has 0 heterocycles. The van der Waals surface area contributed by atoms with Crippen molar-refractivity contribution in [1.82, 2.24) is 15.4 Å². The molecule has 0 aromatic heterocycles. The van der Waals surface area contributed by atoms with Gasteiger partial charge in [0.1, 0.15) is 16.5 Å². The molecule has 4 rings (SSSR count). The van der Waals surface area contributed by atoms with Crippen molar-refractivity contribution in [3.8, 4) is 0 Å². The fourth-order valence-corrected chi connectivity index (χ4v) is 6.60. The number of nitrogens with two attached hydrogens (primary N) is 1. The van der Waals surface area contributed by atoms with Crippen LogP contribution in [0.2, 0.25) is 0 Å². The number of fused-ring (bicyclic) bond motifs is 1. The van der Waals surface area contributed by atoms with Crippen LogP contribution >= 0.6 is 0 Å². The van der Waals surface area contributed by atoms with Crippen molar-refractivity contribution in [3.05, 3.63) is 64.2 Å². The Kier molecular flexibility index (Phi) is 8.92. The maximum absolute atomic E-state index is 14.3. The minimum atomic E-state index is -4.31. The lowest BCUT2D eigenvalue weighted by Gasteiger charge is -2.20. The maximum atomic E-state index is 14.3. The van der Waals surface area contributed by atoms with Gasteiger partial charge in [0, 0.05) is 43.6 Å². The lowest BCUT2D eigenvalue weighted by molar-refractivity contribution is -0.121. The summed E-state index contributed by atoms with van der Waals surface area (Å²) in [6.45, 7) is -0.175. The summed E-state index contributed by atoms with van der Waals surface area (Å²) in [7, 11) is -4.31. The first-order valence-electron chi connectivity index (χ1n) is 12.8. The molecule has 2 aromatic rings. The van der Waals surface area contributed by atoms with E-state index >= 15 is 0 Å². The number of carbonyl (C=O) groups is 2. The Morgan fingerprint density at radius 1 is 0.897 bits per heavy atom. The highest BCUT2D eigenvalue weighted by Crippen LogP contribution is 2.37. The van der Waals surface area contributed by atoms with Crippen LogP contribution in [0, 0.1) is 23.3 Å². The van der Waals surface area contributed by atoms with Gasteiger partial charge in [0.2, 0.25) is 15.9 Å². The molecule has 2 aliphatic rings. The van der Waals surface area contributed by atoms with Crippen LogP contribution in [-0.4, -0.2) is 45.4 Å². The molecule has 2 aliphatic carbocycles. The van der Waals surface area contributed by atoms with Gasteiger partial charge in [-0.05, 0) is 55.0 Å². The Balaban J connectivity index is 1.28. The van der Waals surface area contributed by atoms with Gasteiger partial charge in [0.15, 0.2) is 11.6 Å². The number of sulfonamides is 1. The summed E-state index contributed by atoms with van der Waals surface area (Å²) in [4.78, 5) is 24.0. The molecule has 8 nitrogen and oxygen atoms in total. The zero-order valence-corrected chi connectivity index (χ0v) is 21.9. The van der Waals surface area contributed by atoms with Crippen LogP contribution in [0.15, 0.2) is 29.2 Å². The van der Waals surface area contributed by atoms with E-state index in [0.717, 1.165) is 25.0 Å². The molecule has 212 valence electrons. The fourth-order valence-electron chi connectivity index (χ4n) is 5.21. The van der Waals surface area contributed by atoms with E-state index in [0.29, 0.717) is 48.9 Å². The van der Waals surface area contributed by atoms with Crippen LogP contribution in [0.25, 0.3) is 0 Å². The minimum Gasteiger partial charge on any atom is -0.354 e. The second-order valence-electron chi connectivity index (χ2n) is 9.95. The Morgan fingerprint density at radius 3 is 2.28 bits per heavy atom. The van der Waals surface area contributed by atoms with Crippen molar-refractivity contribution in [2.24, 2.45) is 5.73 Å². The Hall–Kier alpha value is -3.03. The molecule has 13 heteroatoms. The number of aryl methyl sites for hydroxylation is 1. The second-order valence-corrected chi connectivity index (χ2v) is 11.6. The molecule has 2 aromatic carbocycles. The van der Waals surface area contributed by atoms with Gasteiger partial charge in [0.25, 0.3) is 5.91 Å². The third-order valence-electron chi connectivity index (χ3n) is 7.21. The van der Waals surface area contributed by atoms with E-state index < -0.39 is 61.6 Å². The van der Waals surface area contributed by atoms with Crippen LogP contribution < -0.4 is 21.1 Å². The standard InChI is InChI=1S/C26H30F4N4O4S/c27-19-12-22(30)24(39(37,38)34-15-3-1-2-4-15)11-18(19)26(36)33-8-7-32-25(35)13-23(31)16-6-5-14-9-20(28)21(29)10-17(14)16/h9-12,15-16,23,34H,1-8,13,31H2,(H,32,35)(H,33,36)/t16-,23-/m0/s1. The normalized spacial score (nSPS) is 18.1. The van der Waals surface area contributed by atoms with E-state index in [1.807, 2.05) is 0 Å². The Morgan fingerprint density at radius 2 is 1.56 bits per heavy atom. The molecule has 1 saturated carbocycles. The van der Waals surface area contributed by atoms with Crippen molar-refractivity contribution >= 4 is 21.8 Å². The number of hydrogen-bond acceptors (Lipinski definition) is 5. The first kappa shape index (κ1) is 29.0. The van der Waals surface area contributed by atoms with Crippen LogP contribution in [0.3, 0.4) is 0 Å². The summed E-state index contributed by atoms with van der Waals surface area (Å²) in [5.74, 6) is -6.17. The van der Waals surface area contributed by atoms with Gasteiger partial charge in [0.05, 0.1) is 5.56 Å². The van der Waals surface area contributed by atoms with Crippen molar-refractivity contribution in [3.63, 3.8) is 0 Å². The quantitative estimate of drug-likeness (QED) is 0.258. The average Bonchev–Trinajstić information content (AvgIpc) is 3.51. The van der Waals surface area contributed by atoms with Crippen molar-refractivity contribution in [1.29, 1.82) is 0 Å². The summed E-state index contributed by atoms with van der Waals surface area (Å²) in [5.41, 5.74) is 6.76. The van der Waals surface area contributed by atoms with Crippen molar-refractivity contribution in [2.75, 3.05) is 13.1 Å². The number of amides is 2. The molecule has 1 fully saturated rings. The number of hydrogen-bond donors (Lipinski definition) is 4. The summed E-state index contributed by atoms with van der Waals surface area (Å²) in [5, 5.41) is 4.92. The molecular formula is C26H30F4N4O4S. The van der Waals surface area contributed by atoms with E-state index in [2.05, 4.69) is 15.4 Å². The molecule has 0 aliphatic heterocycles. The molecule has 39 heavy (non-hydrogen) atoms. The zero-order valence-electron chi connectivity index (χ0n) is 21.0. The maximum Gasteiger partial charge on any atom is 0.254 e. The Labute approximate surface area is 223 Å². The second kappa shape index (κ2) is 12.0. The topological polar surface area (TPSA) is 130 Å². The van der Waals surface area contributed by atoms with Gasteiger partial charge in [-0.1, -0.05) is 12.8 Å². The van der Waals surface area contributed by atoms with Crippen LogP contribution in [0.1, 0.15) is 65.9 Å². The predicted molar refractivity (Wildman–Crippen MR) is 134 cm³/mol. The molecule has 2 atom stereocenters. The van der Waals surface area contributed by atoms with E-state index in [1.165, 1.54) is 0 Å². The summed E-state index contributed by atoms with van der Waals surface area (Å²) < 4.78 is 83.4. The highest BCUT2D eigenvalue weighted by atomic mass is 32.2. The van der Waals surface area contributed by atoms with Gasteiger partial charge < -0.3 is 16.4 Å². The molecule has 0 unspecified atom stereocenters. The minimum absolute atomic E-state index is 0.0460. The number of benzene rings is 2.